The van der Waals surface area contributed by atoms with Crippen LogP contribution in [0.3, 0.4) is 0 Å². The van der Waals surface area contributed by atoms with Crippen molar-refractivity contribution in [3.05, 3.63) is 60.2 Å². The van der Waals surface area contributed by atoms with Gasteiger partial charge < -0.3 is 19.7 Å². The minimum Gasteiger partial charge on any atom is -0.420 e. The number of nitrogens with two attached hydrogens (primary N) is 1. The van der Waals surface area contributed by atoms with Crippen molar-refractivity contribution in [2.24, 2.45) is 0 Å². The van der Waals surface area contributed by atoms with E-state index < -0.39 is 0 Å². The molecule has 90 valence electrons. The first-order valence-corrected chi connectivity index (χ1v) is 6.24. The SMILES string of the molecule is O=C([C-]1C=[S+][C-](c2cccnc2)[NH2+]1)[n+]1cnc[cH-]1. The fraction of sp³-hybridized carbons (Fsp3) is 0. The van der Waals surface area contributed by atoms with Crippen molar-refractivity contribution >= 4 is 22.6 Å². The number of carbonyl (C=O) groups is 1. The Morgan fingerprint density at radius 2 is 2.44 bits per heavy atom. The lowest BCUT2D eigenvalue weighted by atomic mass is 10.2. The highest BCUT2D eigenvalue weighted by Gasteiger charge is 2.25. The smallest absolute Gasteiger partial charge is 0.263 e. The van der Waals surface area contributed by atoms with Crippen LogP contribution in [0.25, 0.3) is 0 Å². The predicted octanol–water partition coefficient (Wildman–Crippen LogP) is -1.35. The van der Waals surface area contributed by atoms with Crippen LogP contribution in [-0.4, -0.2) is 21.2 Å². The number of hydrogen-bond donors (Lipinski definition) is 1. The van der Waals surface area contributed by atoms with Gasteiger partial charge in [-0.1, -0.05) is 23.9 Å². The predicted molar refractivity (Wildman–Crippen MR) is 65.8 cm³/mol. The van der Waals surface area contributed by atoms with Crippen LogP contribution in [0.2, 0.25) is 0 Å². The maximum Gasteiger partial charge on any atom is 0.263 e. The van der Waals surface area contributed by atoms with Gasteiger partial charge in [-0.2, -0.15) is 0 Å². The third-order valence-corrected chi connectivity index (χ3v) is 3.51. The van der Waals surface area contributed by atoms with Gasteiger partial charge in [-0.25, -0.2) is 0 Å². The van der Waals surface area contributed by atoms with Gasteiger partial charge in [0.15, 0.2) is 17.7 Å². The van der Waals surface area contributed by atoms with Gasteiger partial charge in [-0.3, -0.25) is 0 Å². The monoisotopic (exact) mass is 258 g/mol. The van der Waals surface area contributed by atoms with E-state index in [-0.39, 0.29) is 5.91 Å². The van der Waals surface area contributed by atoms with Crippen molar-refractivity contribution < 1.29 is 14.7 Å². The van der Waals surface area contributed by atoms with Crippen molar-refractivity contribution in [3.8, 4) is 0 Å². The van der Waals surface area contributed by atoms with E-state index in [1.165, 1.54) is 22.2 Å². The maximum atomic E-state index is 12.1. The Labute approximate surface area is 108 Å². The Balaban J connectivity index is 1.74. The summed E-state index contributed by atoms with van der Waals surface area (Å²) in [5, 5.41) is 4.76. The highest BCUT2D eigenvalue weighted by Crippen LogP contribution is 2.09. The Hall–Kier alpha value is -2.18. The molecule has 0 atom stereocenters. The molecule has 2 aromatic rings. The number of imidazole rings is 1. The van der Waals surface area contributed by atoms with Gasteiger partial charge in [-0.15, -0.1) is 11.1 Å². The first kappa shape index (κ1) is 10.9. The quantitative estimate of drug-likeness (QED) is 0.314. The molecule has 2 N–H and O–H groups in total. The Kier molecular flexibility index (Phi) is 2.79. The van der Waals surface area contributed by atoms with E-state index in [9.17, 15) is 4.79 Å². The highest BCUT2D eigenvalue weighted by atomic mass is 32.1. The molecule has 0 amide bonds. The molecule has 0 saturated carbocycles. The minimum atomic E-state index is -0.0705. The molecule has 2 aromatic heterocycles. The van der Waals surface area contributed by atoms with E-state index in [0.717, 1.165) is 10.9 Å². The van der Waals surface area contributed by atoms with Crippen LogP contribution in [0.4, 0.5) is 0 Å². The van der Waals surface area contributed by atoms with E-state index in [2.05, 4.69) is 9.97 Å². The van der Waals surface area contributed by atoms with Crippen molar-refractivity contribution in [2.45, 2.75) is 0 Å². The van der Waals surface area contributed by atoms with Crippen LogP contribution in [-0.2, 0) is 11.4 Å². The number of quaternary nitrogens is 1. The van der Waals surface area contributed by atoms with Gasteiger partial charge in [-0.05, 0) is 6.20 Å². The van der Waals surface area contributed by atoms with Crippen molar-refractivity contribution in [1.29, 1.82) is 0 Å². The van der Waals surface area contributed by atoms with Crippen molar-refractivity contribution in [1.82, 2.24) is 9.97 Å². The highest BCUT2D eigenvalue weighted by molar-refractivity contribution is 7.81. The van der Waals surface area contributed by atoms with Crippen LogP contribution in [0, 0.1) is 11.4 Å². The normalized spacial score (nSPS) is 14.2. The molecule has 0 bridgehead atoms. The molecule has 0 spiro atoms. The lowest BCUT2D eigenvalue weighted by Crippen LogP contribution is -2.88. The van der Waals surface area contributed by atoms with Gasteiger partial charge >= 0.3 is 0 Å². The Bertz CT molecular complexity index is 567. The van der Waals surface area contributed by atoms with Crippen LogP contribution in [0.1, 0.15) is 10.4 Å². The summed E-state index contributed by atoms with van der Waals surface area (Å²) in [5.74, 6) is -0.0705. The average molecular weight is 258 g/mol. The van der Waals surface area contributed by atoms with E-state index in [4.69, 9.17) is 0 Å². The molecule has 18 heavy (non-hydrogen) atoms. The summed E-state index contributed by atoms with van der Waals surface area (Å²) in [6.07, 6.45) is 8.26. The average Bonchev–Trinajstić information content (AvgIpc) is 3.10. The molecule has 0 saturated heterocycles. The molecule has 1 aliphatic heterocycles. The largest absolute Gasteiger partial charge is 0.420 e. The topological polar surface area (TPSA) is 63.3 Å². The molecule has 0 aromatic carbocycles. The zero-order valence-electron chi connectivity index (χ0n) is 9.35. The number of hydrogen-bond acceptors (Lipinski definition) is 3. The second-order valence-electron chi connectivity index (χ2n) is 3.72. The molecule has 3 rings (SSSR count). The van der Waals surface area contributed by atoms with Gasteiger partial charge in [0.1, 0.15) is 12.1 Å². The molecule has 3 heterocycles. The maximum absolute atomic E-state index is 12.1. The summed E-state index contributed by atoms with van der Waals surface area (Å²) in [6.45, 7) is 0. The Morgan fingerprint density at radius 1 is 1.50 bits per heavy atom. The molecule has 0 aliphatic carbocycles. The number of aromatic nitrogens is 3. The zero-order chi connectivity index (χ0) is 12.4. The molecule has 0 unspecified atom stereocenters. The number of pyridine rings is 1. The lowest BCUT2D eigenvalue weighted by molar-refractivity contribution is -0.623. The standard InChI is InChI=1S/C12H10N4OS/c17-12(16-5-4-14-8-16)10-7-18-11(15-10)9-2-1-3-13-6-9/h1-8H,15H2. The summed E-state index contributed by atoms with van der Waals surface area (Å²) >= 11 is 1.53. The van der Waals surface area contributed by atoms with Crippen LogP contribution < -0.4 is 9.88 Å². The summed E-state index contributed by atoms with van der Waals surface area (Å²) in [5.41, 5.74) is 1.02. The summed E-state index contributed by atoms with van der Waals surface area (Å²) in [6, 6.07) is 4.52. The zero-order valence-corrected chi connectivity index (χ0v) is 10.2. The second-order valence-corrected chi connectivity index (χ2v) is 4.63. The summed E-state index contributed by atoms with van der Waals surface area (Å²) in [4.78, 5) is 20.0. The van der Waals surface area contributed by atoms with Crippen molar-refractivity contribution in [2.75, 3.05) is 0 Å². The fourth-order valence-corrected chi connectivity index (χ4v) is 2.51. The molecule has 1 aliphatic rings. The van der Waals surface area contributed by atoms with Gasteiger partial charge in [0.2, 0.25) is 0 Å². The number of rotatable bonds is 2. The first-order chi connectivity index (χ1) is 8.84. The molecule has 0 fully saturated rings. The van der Waals surface area contributed by atoms with E-state index >= 15 is 0 Å². The molecular formula is C12H10N4OS. The van der Waals surface area contributed by atoms with Crippen LogP contribution >= 0.6 is 0 Å². The Morgan fingerprint density at radius 3 is 3.17 bits per heavy atom. The van der Waals surface area contributed by atoms with Crippen LogP contribution in [0.15, 0.2) is 43.2 Å². The molecular weight excluding hydrogens is 248 g/mol. The van der Waals surface area contributed by atoms with Gasteiger partial charge in [0, 0.05) is 6.20 Å². The van der Waals surface area contributed by atoms with Gasteiger partial charge in [0.25, 0.3) is 5.37 Å². The first-order valence-electron chi connectivity index (χ1n) is 5.36. The van der Waals surface area contributed by atoms with E-state index in [1.54, 1.807) is 24.8 Å². The third-order valence-electron chi connectivity index (χ3n) is 2.53. The van der Waals surface area contributed by atoms with E-state index in [1.807, 2.05) is 22.8 Å². The second kappa shape index (κ2) is 4.59. The molecule has 5 nitrogen and oxygen atoms in total. The number of nitrogens with zero attached hydrogens (tertiary/aromatic N) is 3. The van der Waals surface area contributed by atoms with Crippen LogP contribution in [0.5, 0.6) is 0 Å². The lowest BCUT2D eigenvalue weighted by Gasteiger charge is -2.19. The molecule has 0 radical (unpaired) electrons. The van der Waals surface area contributed by atoms with Crippen molar-refractivity contribution in [3.63, 3.8) is 0 Å². The molecule has 6 heteroatoms. The summed E-state index contributed by atoms with van der Waals surface area (Å²) in [7, 11) is 0. The van der Waals surface area contributed by atoms with E-state index in [0.29, 0.717) is 6.04 Å². The summed E-state index contributed by atoms with van der Waals surface area (Å²) < 4.78 is 1.47. The third kappa shape index (κ3) is 1.99. The minimum absolute atomic E-state index is 0.0705. The number of carbonyl (C=O) groups excluding carboxylic acids is 1. The fourth-order valence-electron chi connectivity index (χ4n) is 1.64. The van der Waals surface area contributed by atoms with Gasteiger partial charge in [0.05, 0.1) is 5.37 Å².